The van der Waals surface area contributed by atoms with Crippen LogP contribution in [0.15, 0.2) is 0 Å². The number of hydrogen-bond acceptors (Lipinski definition) is 5. The topological polar surface area (TPSA) is 79.9 Å². The van der Waals surface area contributed by atoms with Crippen molar-refractivity contribution in [1.29, 1.82) is 0 Å². The van der Waals surface area contributed by atoms with Gasteiger partial charge in [-0.05, 0) is 60.8 Å². The van der Waals surface area contributed by atoms with E-state index in [1.54, 1.807) is 4.90 Å². The number of nitrogens with one attached hydrogen (secondary N) is 2. The molecule has 0 aromatic heterocycles. The van der Waals surface area contributed by atoms with Crippen molar-refractivity contribution in [3.8, 4) is 0 Å². The summed E-state index contributed by atoms with van der Waals surface area (Å²) in [5, 5.41) is 6.66. The summed E-state index contributed by atoms with van der Waals surface area (Å²) in [5.41, 5.74) is -0.895. The van der Waals surface area contributed by atoms with Crippen LogP contribution in [-0.4, -0.2) is 58.5 Å². The van der Waals surface area contributed by atoms with Crippen LogP contribution >= 0.6 is 0 Å². The fourth-order valence-corrected chi connectivity index (χ4v) is 4.07. The molecule has 142 valence electrons. The Kier molecular flexibility index (Phi) is 4.02. The maximum atomic E-state index is 11.9. The number of amides is 2. The van der Waals surface area contributed by atoms with Gasteiger partial charge in [0.15, 0.2) is 0 Å². The first-order chi connectivity index (χ1) is 11.3. The Labute approximate surface area is 149 Å². The minimum Gasteiger partial charge on any atom is -0.444 e. The Morgan fingerprint density at radius 2 is 1.44 bits per heavy atom. The second-order valence-corrected chi connectivity index (χ2v) is 9.94. The lowest BCUT2D eigenvalue weighted by molar-refractivity contribution is -0.118. The third kappa shape index (κ3) is 4.02. The van der Waals surface area contributed by atoms with Crippen LogP contribution < -0.4 is 10.6 Å². The van der Waals surface area contributed by atoms with Crippen LogP contribution in [0.5, 0.6) is 0 Å². The minimum absolute atomic E-state index is 0.0933. The van der Waals surface area contributed by atoms with Crippen molar-refractivity contribution in [1.82, 2.24) is 15.5 Å². The van der Waals surface area contributed by atoms with Gasteiger partial charge in [-0.15, -0.1) is 0 Å². The van der Waals surface area contributed by atoms with Crippen molar-refractivity contribution in [3.05, 3.63) is 0 Å². The van der Waals surface area contributed by atoms with Crippen LogP contribution in [0.1, 0.15) is 60.8 Å². The minimum atomic E-state index is -0.472. The predicted molar refractivity (Wildman–Crippen MR) is 93.4 cm³/mol. The van der Waals surface area contributed by atoms with Crippen molar-refractivity contribution >= 4 is 12.2 Å². The average molecular weight is 353 g/mol. The van der Waals surface area contributed by atoms with Gasteiger partial charge >= 0.3 is 12.2 Å². The lowest BCUT2D eigenvalue weighted by Gasteiger charge is -2.71. The smallest absolute Gasteiger partial charge is 0.410 e. The first-order valence-electron chi connectivity index (χ1n) is 9.06. The molecule has 4 rings (SSSR count). The van der Waals surface area contributed by atoms with Crippen molar-refractivity contribution in [2.45, 2.75) is 89.1 Å². The maximum absolute atomic E-state index is 11.9. The molecule has 0 unspecified atom stereocenters. The van der Waals surface area contributed by atoms with Gasteiger partial charge < -0.3 is 25.0 Å². The highest BCUT2D eigenvalue weighted by Crippen LogP contribution is 2.60. The summed E-state index contributed by atoms with van der Waals surface area (Å²) in [6.45, 7) is 12.6. The van der Waals surface area contributed by atoms with E-state index < -0.39 is 11.2 Å². The Bertz CT molecular complexity index is 550. The summed E-state index contributed by atoms with van der Waals surface area (Å²) < 4.78 is 10.7. The second kappa shape index (κ2) is 5.50. The Morgan fingerprint density at radius 3 is 1.92 bits per heavy atom. The number of nitrogens with zero attached hydrogens (tertiary/aromatic N) is 1. The number of hydrogen-bond donors (Lipinski definition) is 2. The van der Waals surface area contributed by atoms with Crippen molar-refractivity contribution in [3.63, 3.8) is 0 Å². The third-order valence-electron chi connectivity index (χ3n) is 4.84. The van der Waals surface area contributed by atoms with Crippen LogP contribution in [0.25, 0.3) is 0 Å². The first kappa shape index (κ1) is 18.3. The molecule has 1 saturated heterocycles. The molecule has 2 bridgehead atoms. The molecule has 3 saturated carbocycles. The molecule has 3 aliphatic carbocycles. The monoisotopic (exact) mass is 353 g/mol. The van der Waals surface area contributed by atoms with Crippen LogP contribution in [0.2, 0.25) is 0 Å². The van der Waals surface area contributed by atoms with Crippen molar-refractivity contribution in [2.75, 3.05) is 13.1 Å². The zero-order valence-corrected chi connectivity index (χ0v) is 16.2. The van der Waals surface area contributed by atoms with Crippen LogP contribution in [0, 0.1) is 0 Å². The van der Waals surface area contributed by atoms with E-state index in [-0.39, 0.29) is 23.3 Å². The molecule has 2 amide bonds. The lowest BCUT2D eigenvalue weighted by atomic mass is 9.44. The van der Waals surface area contributed by atoms with E-state index in [1.165, 1.54) is 0 Å². The largest absolute Gasteiger partial charge is 0.444 e. The predicted octanol–water partition coefficient (Wildman–Crippen LogP) is 2.40. The number of likely N-dealkylation sites (tertiary alicyclic amines) is 1. The molecule has 0 aromatic rings. The van der Waals surface area contributed by atoms with Crippen molar-refractivity contribution in [2.24, 2.45) is 0 Å². The highest BCUT2D eigenvalue weighted by molar-refractivity contribution is 5.70. The quantitative estimate of drug-likeness (QED) is 0.814. The van der Waals surface area contributed by atoms with E-state index in [4.69, 9.17) is 9.47 Å². The highest BCUT2D eigenvalue weighted by atomic mass is 16.6. The highest BCUT2D eigenvalue weighted by Gasteiger charge is 2.69. The third-order valence-corrected chi connectivity index (χ3v) is 4.84. The lowest BCUT2D eigenvalue weighted by Crippen LogP contribution is -2.85. The molecule has 0 atom stereocenters. The van der Waals surface area contributed by atoms with Gasteiger partial charge in [-0.25, -0.2) is 9.59 Å². The van der Waals surface area contributed by atoms with E-state index in [0.29, 0.717) is 19.1 Å². The molecule has 1 aliphatic heterocycles. The van der Waals surface area contributed by atoms with Gasteiger partial charge in [-0.2, -0.15) is 0 Å². The maximum Gasteiger partial charge on any atom is 0.410 e. The summed E-state index contributed by atoms with van der Waals surface area (Å²) in [7, 11) is 0. The molecule has 4 aliphatic rings. The molecule has 0 aromatic carbocycles. The van der Waals surface area contributed by atoms with E-state index in [1.807, 2.05) is 41.5 Å². The summed E-state index contributed by atoms with van der Waals surface area (Å²) in [6, 6.07) is 0.312. The second-order valence-electron chi connectivity index (χ2n) is 9.94. The standard InChI is InChI=1S/C18H31N3O4/c1-15(2,3)24-13(22)20-18-9-17(10-18,11-18)19-12-7-21(8-12)14(23)25-16(4,5)6/h12,19H,7-11H2,1-6H3,(H,20,22). The van der Waals surface area contributed by atoms with E-state index in [2.05, 4.69) is 10.6 Å². The fourth-order valence-electron chi connectivity index (χ4n) is 4.07. The molecule has 1 heterocycles. The van der Waals surface area contributed by atoms with Gasteiger partial charge in [-0.1, -0.05) is 0 Å². The Morgan fingerprint density at radius 1 is 0.920 bits per heavy atom. The van der Waals surface area contributed by atoms with Crippen molar-refractivity contribution < 1.29 is 19.1 Å². The molecule has 4 fully saturated rings. The molecule has 0 spiro atoms. The number of carbonyl (C=O) groups is 2. The number of rotatable bonds is 3. The molecular weight excluding hydrogens is 322 g/mol. The molecular formula is C18H31N3O4. The fraction of sp³-hybridized carbons (Fsp3) is 0.889. The molecule has 7 heteroatoms. The summed E-state index contributed by atoms with van der Waals surface area (Å²) >= 11 is 0. The molecule has 2 N–H and O–H groups in total. The van der Waals surface area contributed by atoms with Gasteiger partial charge in [0.2, 0.25) is 0 Å². The average Bonchev–Trinajstić information content (AvgIpc) is 2.22. The molecule has 0 radical (unpaired) electrons. The number of carbonyl (C=O) groups excluding carboxylic acids is 2. The molecule has 7 nitrogen and oxygen atoms in total. The number of ether oxygens (including phenoxy) is 2. The van der Waals surface area contributed by atoms with E-state index in [0.717, 1.165) is 19.3 Å². The summed E-state index contributed by atoms with van der Waals surface area (Å²) in [6.07, 6.45) is 2.22. The van der Waals surface area contributed by atoms with E-state index >= 15 is 0 Å². The zero-order chi connectivity index (χ0) is 18.7. The van der Waals surface area contributed by atoms with Gasteiger partial charge in [-0.3, -0.25) is 0 Å². The SMILES string of the molecule is CC(C)(C)OC(=O)NC12CC(NC3CN(C(=O)OC(C)(C)C)C3)(C1)C2. The Hall–Kier alpha value is -1.50. The van der Waals surface area contributed by atoms with Gasteiger partial charge in [0, 0.05) is 30.2 Å². The number of alkyl carbamates (subject to hydrolysis) is 1. The van der Waals surface area contributed by atoms with Gasteiger partial charge in [0.05, 0.1) is 0 Å². The van der Waals surface area contributed by atoms with Crippen LogP contribution in [0.3, 0.4) is 0 Å². The van der Waals surface area contributed by atoms with Crippen LogP contribution in [-0.2, 0) is 9.47 Å². The zero-order valence-electron chi connectivity index (χ0n) is 16.2. The Balaban J connectivity index is 1.36. The van der Waals surface area contributed by atoms with E-state index in [9.17, 15) is 9.59 Å². The normalized spacial score (nSPS) is 31.4. The summed E-state index contributed by atoms with van der Waals surface area (Å²) in [4.78, 5) is 25.6. The molecule has 25 heavy (non-hydrogen) atoms. The van der Waals surface area contributed by atoms with Gasteiger partial charge in [0.1, 0.15) is 11.2 Å². The first-order valence-corrected chi connectivity index (χ1v) is 9.06. The van der Waals surface area contributed by atoms with Crippen LogP contribution in [0.4, 0.5) is 9.59 Å². The van der Waals surface area contributed by atoms with Gasteiger partial charge in [0.25, 0.3) is 0 Å². The summed E-state index contributed by atoms with van der Waals surface area (Å²) in [5.74, 6) is 0.